The van der Waals surface area contributed by atoms with Gasteiger partial charge in [0.05, 0.1) is 6.20 Å². The van der Waals surface area contributed by atoms with E-state index in [4.69, 9.17) is 0 Å². The van der Waals surface area contributed by atoms with E-state index in [9.17, 15) is 14.0 Å². The lowest BCUT2D eigenvalue weighted by atomic mass is 10.3. The van der Waals surface area contributed by atoms with Crippen LogP contribution < -0.4 is 15.8 Å². The smallest absolute Gasteiger partial charge is 0.256 e. The molecule has 1 aliphatic heterocycles. The average molecular weight is 400 g/mol. The summed E-state index contributed by atoms with van der Waals surface area (Å²) in [6.45, 7) is 5.94. The Bertz CT molecular complexity index is 1050. The van der Waals surface area contributed by atoms with Gasteiger partial charge in [-0.15, -0.1) is 0 Å². The zero-order valence-corrected chi connectivity index (χ0v) is 16.8. The van der Waals surface area contributed by atoms with Crippen molar-refractivity contribution in [3.63, 3.8) is 0 Å². The van der Waals surface area contributed by atoms with E-state index >= 15 is 0 Å². The number of anilines is 1. The van der Waals surface area contributed by atoms with Crippen LogP contribution in [0.3, 0.4) is 0 Å². The number of aromatic nitrogens is 4. The van der Waals surface area contributed by atoms with Crippen LogP contribution in [0, 0.1) is 5.82 Å². The topological polar surface area (TPSA) is 84.5 Å². The van der Waals surface area contributed by atoms with E-state index in [2.05, 4.69) is 20.3 Å². The molecular weight excluding hydrogens is 375 g/mol. The van der Waals surface area contributed by atoms with Crippen LogP contribution in [0.15, 0.2) is 41.6 Å². The van der Waals surface area contributed by atoms with Crippen molar-refractivity contribution in [3.8, 4) is 0 Å². The summed E-state index contributed by atoms with van der Waals surface area (Å²) in [5.74, 6) is 0.410. The van der Waals surface area contributed by atoms with Crippen molar-refractivity contribution < 1.29 is 9.18 Å². The van der Waals surface area contributed by atoms with Gasteiger partial charge in [0.2, 0.25) is 5.56 Å². The Morgan fingerprint density at radius 2 is 1.93 bits per heavy atom. The first-order chi connectivity index (χ1) is 13.8. The molecule has 1 saturated heterocycles. The van der Waals surface area contributed by atoms with Crippen LogP contribution in [0.4, 0.5) is 10.2 Å². The Balaban J connectivity index is 0.000000224. The fourth-order valence-corrected chi connectivity index (χ4v) is 3.04. The first-order valence-electron chi connectivity index (χ1n) is 9.57. The molecular formula is C20H25FN6O2. The fourth-order valence-electron chi connectivity index (χ4n) is 3.04. The molecule has 4 heterocycles. The number of fused-ring (bicyclic) bond motifs is 1. The molecule has 1 amide bonds. The highest BCUT2D eigenvalue weighted by molar-refractivity contribution is 5.99. The SMILES string of the molecule is CC(C)NC(=O)c1cnn2ccc(N3CCCC3)nc12.Cn1cc(F)ccc1=O. The number of hydrogen-bond donors (Lipinski definition) is 1. The van der Waals surface area contributed by atoms with Crippen molar-refractivity contribution in [1.82, 2.24) is 24.5 Å². The lowest BCUT2D eigenvalue weighted by Crippen LogP contribution is -2.30. The largest absolute Gasteiger partial charge is 0.357 e. The van der Waals surface area contributed by atoms with E-state index in [1.165, 1.54) is 30.5 Å². The summed E-state index contributed by atoms with van der Waals surface area (Å²) in [6.07, 6.45) is 6.98. The lowest BCUT2D eigenvalue weighted by Gasteiger charge is -2.16. The minimum absolute atomic E-state index is 0.0965. The highest BCUT2D eigenvalue weighted by Gasteiger charge is 2.18. The summed E-state index contributed by atoms with van der Waals surface area (Å²) in [5, 5.41) is 7.07. The Hall–Kier alpha value is -3.23. The van der Waals surface area contributed by atoms with E-state index in [-0.39, 0.29) is 17.5 Å². The third kappa shape index (κ3) is 4.98. The minimum atomic E-state index is -0.392. The highest BCUT2D eigenvalue weighted by atomic mass is 19.1. The summed E-state index contributed by atoms with van der Waals surface area (Å²) in [6, 6.07) is 4.38. The first-order valence-corrected chi connectivity index (χ1v) is 9.57. The van der Waals surface area contributed by atoms with Gasteiger partial charge in [-0.1, -0.05) is 0 Å². The van der Waals surface area contributed by atoms with Crippen molar-refractivity contribution in [2.75, 3.05) is 18.0 Å². The number of aryl methyl sites for hydroxylation is 1. The average Bonchev–Trinajstić information content (AvgIpc) is 3.34. The molecule has 0 spiro atoms. The maximum absolute atomic E-state index is 12.2. The number of carbonyl (C=O) groups excluding carboxylic acids is 1. The van der Waals surface area contributed by atoms with Gasteiger partial charge in [-0.2, -0.15) is 5.10 Å². The standard InChI is InChI=1S/C14H19N5O.C6H6FNO/c1-10(2)16-14(20)11-9-15-19-8-5-12(17-13(11)19)18-6-3-4-7-18;1-8-4-5(7)2-3-6(8)9/h5,8-10H,3-4,6-7H2,1-2H3,(H,16,20);2-4H,1H3. The highest BCUT2D eigenvalue weighted by Crippen LogP contribution is 2.19. The molecule has 0 aromatic carbocycles. The molecule has 0 atom stereocenters. The van der Waals surface area contributed by atoms with Crippen LogP contribution in [0.2, 0.25) is 0 Å². The Morgan fingerprint density at radius 3 is 2.55 bits per heavy atom. The number of amides is 1. The zero-order valence-electron chi connectivity index (χ0n) is 16.8. The van der Waals surface area contributed by atoms with Crippen LogP contribution in [0.5, 0.6) is 0 Å². The molecule has 9 heteroatoms. The van der Waals surface area contributed by atoms with Gasteiger partial charge >= 0.3 is 0 Å². The predicted octanol–water partition coefficient (Wildman–Crippen LogP) is 1.99. The van der Waals surface area contributed by atoms with E-state index in [0.717, 1.165) is 31.2 Å². The normalized spacial score (nSPS) is 13.5. The van der Waals surface area contributed by atoms with Crippen LogP contribution in [-0.4, -0.2) is 44.2 Å². The predicted molar refractivity (Wildman–Crippen MR) is 109 cm³/mol. The van der Waals surface area contributed by atoms with Crippen molar-refractivity contribution in [3.05, 3.63) is 58.5 Å². The molecule has 8 nitrogen and oxygen atoms in total. The Morgan fingerprint density at radius 1 is 1.21 bits per heavy atom. The maximum Gasteiger partial charge on any atom is 0.256 e. The van der Waals surface area contributed by atoms with E-state index in [1.807, 2.05) is 26.1 Å². The van der Waals surface area contributed by atoms with Crippen LogP contribution in [0.1, 0.15) is 37.0 Å². The van der Waals surface area contributed by atoms with E-state index < -0.39 is 5.82 Å². The number of halogens is 1. The Kier molecular flexibility index (Phi) is 6.26. The summed E-state index contributed by atoms with van der Waals surface area (Å²) >= 11 is 0. The van der Waals surface area contributed by atoms with Crippen molar-refractivity contribution in [1.29, 1.82) is 0 Å². The van der Waals surface area contributed by atoms with Crippen LogP contribution in [0.25, 0.3) is 5.65 Å². The number of nitrogens with one attached hydrogen (secondary N) is 1. The quantitative estimate of drug-likeness (QED) is 0.727. The minimum Gasteiger partial charge on any atom is -0.357 e. The van der Waals surface area contributed by atoms with Gasteiger partial charge in [0.15, 0.2) is 5.65 Å². The second-order valence-electron chi connectivity index (χ2n) is 7.23. The number of pyridine rings is 1. The van der Waals surface area contributed by atoms with Crippen molar-refractivity contribution in [2.24, 2.45) is 7.05 Å². The zero-order chi connectivity index (χ0) is 21.0. The summed E-state index contributed by atoms with van der Waals surface area (Å²) in [4.78, 5) is 29.6. The van der Waals surface area contributed by atoms with E-state index in [1.54, 1.807) is 10.7 Å². The van der Waals surface area contributed by atoms with Gasteiger partial charge in [0.1, 0.15) is 17.2 Å². The molecule has 1 N–H and O–H groups in total. The summed E-state index contributed by atoms with van der Waals surface area (Å²) in [7, 11) is 1.51. The molecule has 0 aliphatic carbocycles. The lowest BCUT2D eigenvalue weighted by molar-refractivity contribution is 0.0944. The second-order valence-corrected chi connectivity index (χ2v) is 7.23. The van der Waals surface area contributed by atoms with Gasteiger partial charge < -0.3 is 14.8 Å². The molecule has 0 unspecified atom stereocenters. The maximum atomic E-state index is 12.2. The van der Waals surface area contributed by atoms with Crippen molar-refractivity contribution >= 4 is 17.4 Å². The molecule has 0 saturated carbocycles. The van der Waals surface area contributed by atoms with Gasteiger partial charge in [-0.05, 0) is 38.8 Å². The first kappa shape index (κ1) is 20.5. The van der Waals surface area contributed by atoms with Gasteiger partial charge in [0.25, 0.3) is 5.91 Å². The van der Waals surface area contributed by atoms with Crippen LogP contribution >= 0.6 is 0 Å². The molecule has 1 fully saturated rings. The molecule has 4 rings (SSSR count). The van der Waals surface area contributed by atoms with Gasteiger partial charge in [0, 0.05) is 44.6 Å². The molecule has 154 valence electrons. The number of nitrogens with zero attached hydrogens (tertiary/aromatic N) is 5. The number of rotatable bonds is 3. The summed E-state index contributed by atoms with van der Waals surface area (Å²) in [5.41, 5.74) is 0.948. The third-order valence-corrected chi connectivity index (χ3v) is 4.50. The second kappa shape index (κ2) is 8.85. The van der Waals surface area contributed by atoms with Gasteiger partial charge in [-0.3, -0.25) is 9.59 Å². The van der Waals surface area contributed by atoms with E-state index in [0.29, 0.717) is 11.2 Å². The summed E-state index contributed by atoms with van der Waals surface area (Å²) < 4.78 is 15.0. The van der Waals surface area contributed by atoms with Crippen LogP contribution in [-0.2, 0) is 7.05 Å². The number of carbonyl (C=O) groups is 1. The molecule has 0 bridgehead atoms. The molecule has 3 aromatic rings. The fraction of sp³-hybridized carbons (Fsp3) is 0.400. The van der Waals surface area contributed by atoms with Crippen molar-refractivity contribution in [2.45, 2.75) is 32.7 Å². The number of hydrogen-bond acceptors (Lipinski definition) is 5. The Labute approximate surface area is 168 Å². The molecule has 0 radical (unpaired) electrons. The molecule has 1 aliphatic rings. The van der Waals surface area contributed by atoms with Gasteiger partial charge in [-0.25, -0.2) is 13.9 Å². The monoisotopic (exact) mass is 400 g/mol. The molecule has 29 heavy (non-hydrogen) atoms. The molecule has 3 aromatic heterocycles. The third-order valence-electron chi connectivity index (χ3n) is 4.50.